The van der Waals surface area contributed by atoms with Crippen LogP contribution in [-0.2, 0) is 0 Å². The summed E-state index contributed by atoms with van der Waals surface area (Å²) >= 11 is 0. The van der Waals surface area contributed by atoms with Crippen molar-refractivity contribution in [3.63, 3.8) is 0 Å². The van der Waals surface area contributed by atoms with Gasteiger partial charge in [-0.05, 0) is 0 Å². The first-order chi connectivity index (χ1) is 0. The molecule has 0 saturated carbocycles. The van der Waals surface area contributed by atoms with Gasteiger partial charge in [-0.15, -0.1) is 0 Å². The van der Waals surface area contributed by atoms with Gasteiger partial charge in [0.15, 0.2) is 0 Å². The van der Waals surface area contributed by atoms with Crippen LogP contribution in [0.15, 0.2) is 0 Å². The Morgan fingerprint density at radius 1 is 0.500 bits per heavy atom. The molecule has 0 heterocycles. The normalized spacial score (nSPS) is 0. The van der Waals surface area contributed by atoms with Crippen LogP contribution in [0.4, 0.5) is 0 Å². The zero-order valence-electron chi connectivity index (χ0n) is 1.89. The molecule has 2 nitrogen and oxygen atoms in total. The van der Waals surface area contributed by atoms with Gasteiger partial charge in [-0.1, -0.05) is 0 Å². The molecule has 0 fully saturated rings. The molecular weight excluding hydrogens is 52.0 g/mol. The lowest BCUT2D eigenvalue weighted by Crippen LogP contribution is -0.482. The summed E-state index contributed by atoms with van der Waals surface area (Å²) in [4.78, 5) is 0. The fourth-order valence-electron chi connectivity index (χ4n) is 0. The van der Waals surface area contributed by atoms with Crippen LogP contribution in [0.5, 0.6) is 0 Å². The van der Waals surface area contributed by atoms with E-state index in [2.05, 4.69) is 0 Å². The van der Waals surface area contributed by atoms with Gasteiger partial charge in [0.2, 0.25) is 0 Å². The fraction of sp³-hybridized carbons (Fsp3) is 0. The van der Waals surface area contributed by atoms with Crippen LogP contribution >= 0.6 is 0 Å². The van der Waals surface area contributed by atoms with Crippen molar-refractivity contribution in [1.82, 2.24) is 12.3 Å². The molecule has 0 aromatic heterocycles. The predicted molar refractivity (Wildman–Crippen MR) is 10.8 cm³/mol. The molecular formula is C2N2. The minimum atomic E-state index is 0. The third-order valence-electron chi connectivity index (χ3n) is 0. The molecule has 0 saturated heterocycles. The summed E-state index contributed by atoms with van der Waals surface area (Å²) in [5.74, 6) is 0. The molecule has 0 aliphatic carbocycles. The van der Waals surface area contributed by atoms with Crippen LogP contribution in [0.25, 0.3) is 0 Å². The fourth-order valence-corrected chi connectivity index (χ4v) is 0. The number of hydrogen-bond acceptors (Lipinski definition) is 0. The molecule has 0 spiro atoms. The second kappa shape index (κ2) is 1680. The minimum Gasteiger partial charge on any atom is 0 e. The highest BCUT2D eigenvalue weighted by Crippen LogP contribution is 0.0823. The third kappa shape index (κ3) is 254. The average Bonchev–Trinajstić information content (AvgIpc) is 0. The van der Waals surface area contributed by atoms with Crippen molar-refractivity contribution in [2.75, 3.05) is 0 Å². The van der Waals surface area contributed by atoms with E-state index in [0.717, 1.165) is 0 Å². The highest BCUT2D eigenvalue weighted by atomic mass is 14.0. The Kier molecular flexibility index (Phi) is 2200000. The molecule has 0 amide bonds. The summed E-state index contributed by atoms with van der Waals surface area (Å²) < 4.78 is 0. The maximum atomic E-state index is 0. The first kappa shape index (κ1) is 5220. The summed E-state index contributed by atoms with van der Waals surface area (Å²) in [5.41, 5.74) is 0. The van der Waals surface area contributed by atoms with Gasteiger partial charge in [0.05, 0.1) is 0 Å². The quantitative estimate of drug-likeness (QED) is 0.346. The number of rotatable bonds is 0. The number of nitrogens with zero attached hydrogens (tertiary/aromatic N) is 2. The van der Waals surface area contributed by atoms with Gasteiger partial charge >= 0.3 is 0 Å². The molecule has 0 bridgehead atoms. The Balaban J connectivity index is 0. The first-order valence-corrected chi connectivity index (χ1v) is 0. The van der Waals surface area contributed by atoms with Crippen molar-refractivity contribution in [2.45, 2.75) is 0 Å². The van der Waals surface area contributed by atoms with Crippen molar-refractivity contribution in [3.8, 4) is 0 Å². The molecule has 2 heteroatoms. The van der Waals surface area contributed by atoms with Crippen LogP contribution in [0.2, 0.25) is 0 Å². The van der Waals surface area contributed by atoms with Crippen molar-refractivity contribution in [1.29, 1.82) is 0 Å². The second-order valence-corrected chi connectivity index (χ2v) is 0. The standard InChI is InChI=1S/2C.2N. The van der Waals surface area contributed by atoms with E-state index in [1.54, 1.807) is 0 Å². The van der Waals surface area contributed by atoms with Gasteiger partial charge in [0.1, 0.15) is 0 Å². The van der Waals surface area contributed by atoms with Crippen LogP contribution in [0.1, 0.15) is 0 Å². The Bertz CT molecular complexity index is 4.00. The van der Waals surface area contributed by atoms with Gasteiger partial charge < -0.3 is 0 Å². The molecule has 0 aliphatic rings. The van der Waals surface area contributed by atoms with Gasteiger partial charge in [0.25, 0.3) is 0 Å². The molecule has 0 unspecified atom stereocenters. The molecule has 0 atom stereocenters. The van der Waals surface area contributed by atoms with Crippen molar-refractivity contribution in [2.24, 2.45) is 0 Å². The largest absolute Gasteiger partial charge is 0 e. The van der Waals surface area contributed by atoms with Crippen molar-refractivity contribution >= 4 is 0 Å². The third-order valence-corrected chi connectivity index (χ3v) is 0. The Morgan fingerprint density at radius 3 is 0.500 bits per heavy atom. The van der Waals surface area contributed by atoms with E-state index in [1.165, 1.54) is 0 Å². The second-order valence-electron chi connectivity index (χ2n) is 0. The first-order valence-electron chi connectivity index (χ1n) is 0. The van der Waals surface area contributed by atoms with Gasteiger partial charge in [0, 0.05) is 27.2 Å². The van der Waals surface area contributed by atoms with E-state index >= 15 is 0 Å². The minimum absolute atomic E-state index is 0. The van der Waals surface area contributed by atoms with Crippen LogP contribution in [-0.4, -0.2) is 0 Å². The highest BCUT2D eigenvalue weighted by Gasteiger charge is 0.00300. The maximum Gasteiger partial charge on any atom is 0 e. The Labute approximate surface area is 28.4 Å². The monoisotopic (exact) mass is 52.0 g/mol. The van der Waals surface area contributed by atoms with Crippen LogP contribution < -0.4 is 12.3 Å². The molecule has 4 heavy (non-hydrogen) atoms. The predicted octanol–water partition coefficient (Wildman–Crippen LogP) is -0.799. The summed E-state index contributed by atoms with van der Waals surface area (Å²) in [7, 11) is 0. The Morgan fingerprint density at radius 2 is 0.500 bits per heavy atom. The summed E-state index contributed by atoms with van der Waals surface area (Å²) in [6.45, 7) is 0. The van der Waals surface area contributed by atoms with Gasteiger partial charge in [-0.3, -0.25) is 0 Å². The highest BCUT2D eigenvalue weighted by molar-refractivity contribution is 3.24. The van der Waals surface area contributed by atoms with E-state index in [4.69, 9.17) is 0 Å². The Hall–Kier alpha value is -0.0800. The molecule has 0 N–H and O–H groups in total. The summed E-state index contributed by atoms with van der Waals surface area (Å²) in [6, 6.07) is 0. The molecule has 0 aromatic carbocycles. The van der Waals surface area contributed by atoms with E-state index < -0.39 is 0 Å². The lowest BCUT2D eigenvalue weighted by Gasteiger charge is -0.00100. The van der Waals surface area contributed by atoms with Gasteiger partial charge in [-0.25, -0.2) is 0 Å². The zero-order valence-corrected chi connectivity index (χ0v) is 1.89. The summed E-state index contributed by atoms with van der Waals surface area (Å²) in [5, 5.41) is 0. The molecule has 0 aliphatic heterocycles. The lowest BCUT2D eigenvalue weighted by atomic mass is 12.0. The van der Waals surface area contributed by atoms with E-state index in [0.29, 0.717) is 0 Å². The maximum absolute atomic E-state index is 0. The average molecular weight is 52.0 g/mol. The van der Waals surface area contributed by atoms with Gasteiger partial charge in [-0.2, -0.15) is 0 Å². The van der Waals surface area contributed by atoms with Crippen molar-refractivity contribution < 1.29 is 0 Å². The van der Waals surface area contributed by atoms with Crippen molar-refractivity contribution in [3.05, 3.63) is 14.9 Å². The van der Waals surface area contributed by atoms with E-state index in [9.17, 15) is 0 Å². The lowest BCUT2D eigenvalue weighted by molar-refractivity contribution is 2.13. The smallest absolute Gasteiger partial charge is 0 e. The molecule has 0 aromatic rings. The van der Waals surface area contributed by atoms with E-state index in [-0.39, 0.29) is 27.2 Å². The van der Waals surface area contributed by atoms with Crippen LogP contribution in [0.3, 0.4) is 0 Å². The topological polar surface area (TPSA) is 61.0 Å². The summed E-state index contributed by atoms with van der Waals surface area (Å²) in [6.07, 6.45) is 0. The zero-order chi connectivity index (χ0) is 0. The van der Waals surface area contributed by atoms with E-state index in [1.807, 2.05) is 0 Å². The van der Waals surface area contributed by atoms with Crippen LogP contribution in [0, 0.1) is 14.9 Å². The molecule has 0 rings (SSSR count). The number of hydrogen-bond donors (Lipinski definition) is 0. The molecule has 14 radical (unpaired) electrons. The SMILES string of the molecule is [C].[C].[N].[N]. The molecule has 18 valence electrons.